The minimum absolute atomic E-state index is 0.651. The molecule has 0 aliphatic heterocycles. The lowest BCUT2D eigenvalue weighted by Gasteiger charge is -2.69. The van der Waals surface area contributed by atoms with Gasteiger partial charge in [0, 0.05) is 10.8 Å². The maximum absolute atomic E-state index is 2.69. The first kappa shape index (κ1) is 12.1. The predicted molar refractivity (Wildman–Crippen MR) is 83.4 cm³/mol. The molecular formula is C20H28. The molecule has 3 fully saturated rings. The predicted octanol–water partition coefficient (Wildman–Crippen LogP) is 5.79. The summed E-state index contributed by atoms with van der Waals surface area (Å²) in [6, 6.07) is 0. The fourth-order valence-electron chi connectivity index (χ4n) is 6.92. The maximum atomic E-state index is 2.69. The molecule has 0 unspecified atom stereocenters. The van der Waals surface area contributed by atoms with Crippen molar-refractivity contribution in [3.63, 3.8) is 0 Å². The van der Waals surface area contributed by atoms with Crippen molar-refractivity contribution < 1.29 is 0 Å². The molecule has 0 aromatic heterocycles. The van der Waals surface area contributed by atoms with Crippen molar-refractivity contribution >= 4 is 0 Å². The third-order valence-corrected chi connectivity index (χ3v) is 8.00. The SMILES string of the molecule is C1=C2/C3=C/CCC4CCC3(CC4)C23CCC(CC/1)CC3. The summed E-state index contributed by atoms with van der Waals surface area (Å²) in [5.41, 5.74) is 5.02. The van der Waals surface area contributed by atoms with Gasteiger partial charge in [0.05, 0.1) is 0 Å². The Hall–Kier alpha value is -0.520. The summed E-state index contributed by atoms with van der Waals surface area (Å²) in [5, 5.41) is 0. The minimum Gasteiger partial charge on any atom is -0.0804 e. The number of hydrogen-bond donors (Lipinski definition) is 0. The zero-order valence-electron chi connectivity index (χ0n) is 12.8. The smallest absolute Gasteiger partial charge is 0.00497 e. The van der Waals surface area contributed by atoms with E-state index in [1.165, 1.54) is 77.0 Å². The molecule has 7 rings (SSSR count). The van der Waals surface area contributed by atoms with Gasteiger partial charge in [0.25, 0.3) is 0 Å². The molecule has 0 aromatic carbocycles. The van der Waals surface area contributed by atoms with E-state index in [1.807, 2.05) is 11.1 Å². The molecule has 0 atom stereocenters. The molecule has 0 saturated heterocycles. The Morgan fingerprint density at radius 1 is 0.600 bits per heavy atom. The zero-order valence-corrected chi connectivity index (χ0v) is 12.8. The van der Waals surface area contributed by atoms with Crippen LogP contribution >= 0.6 is 0 Å². The van der Waals surface area contributed by atoms with Crippen LogP contribution in [0, 0.1) is 22.7 Å². The first-order chi connectivity index (χ1) is 9.84. The third kappa shape index (κ3) is 1.30. The van der Waals surface area contributed by atoms with Crippen LogP contribution in [0.5, 0.6) is 0 Å². The van der Waals surface area contributed by atoms with E-state index in [-0.39, 0.29) is 0 Å². The molecule has 0 amide bonds. The summed E-state index contributed by atoms with van der Waals surface area (Å²) in [6.45, 7) is 0. The van der Waals surface area contributed by atoms with Gasteiger partial charge in [-0.25, -0.2) is 0 Å². The van der Waals surface area contributed by atoms with Gasteiger partial charge < -0.3 is 0 Å². The molecule has 4 bridgehead atoms. The van der Waals surface area contributed by atoms with Crippen molar-refractivity contribution in [3.05, 3.63) is 23.3 Å². The summed E-state index contributed by atoms with van der Waals surface area (Å²) in [7, 11) is 0. The van der Waals surface area contributed by atoms with Crippen molar-refractivity contribution in [2.75, 3.05) is 0 Å². The second-order valence-electron chi connectivity index (χ2n) is 8.44. The molecule has 108 valence electrons. The van der Waals surface area contributed by atoms with Crippen LogP contribution in [0.15, 0.2) is 23.3 Å². The second-order valence-corrected chi connectivity index (χ2v) is 8.44. The highest BCUT2D eigenvalue weighted by Crippen LogP contribution is 2.76. The molecular weight excluding hydrogens is 240 g/mol. The number of rotatable bonds is 0. The maximum Gasteiger partial charge on any atom is 0.00497 e. The van der Waals surface area contributed by atoms with Gasteiger partial charge in [-0.3, -0.25) is 0 Å². The average Bonchev–Trinajstić information content (AvgIpc) is 2.44. The molecule has 0 heteroatoms. The van der Waals surface area contributed by atoms with Gasteiger partial charge in [0.15, 0.2) is 0 Å². The van der Waals surface area contributed by atoms with Crippen molar-refractivity contribution in [1.82, 2.24) is 0 Å². The van der Waals surface area contributed by atoms with Crippen molar-refractivity contribution in [3.8, 4) is 0 Å². The van der Waals surface area contributed by atoms with E-state index in [4.69, 9.17) is 0 Å². The fraction of sp³-hybridized carbons (Fsp3) is 0.800. The minimum atomic E-state index is 0.651. The van der Waals surface area contributed by atoms with E-state index in [0.717, 1.165) is 11.8 Å². The standard InChI is InChI=1S/C20H28/c1-3-15-7-11-19(12-8-15)17(5-1)18-6-2-4-16-9-13-20(18,19)14-10-16/h5-6,15-16H,1-4,7-14H2/b17-5-,18-6-. The molecule has 0 heterocycles. The van der Waals surface area contributed by atoms with Crippen LogP contribution in [0.3, 0.4) is 0 Å². The van der Waals surface area contributed by atoms with Gasteiger partial charge in [-0.05, 0) is 100 Å². The lowest BCUT2D eigenvalue weighted by Crippen LogP contribution is -2.59. The molecule has 0 radical (unpaired) electrons. The van der Waals surface area contributed by atoms with Crippen LogP contribution in [0.1, 0.15) is 77.0 Å². The van der Waals surface area contributed by atoms with Crippen molar-refractivity contribution in [1.29, 1.82) is 0 Å². The Morgan fingerprint density at radius 2 is 1.00 bits per heavy atom. The highest BCUT2D eigenvalue weighted by molar-refractivity contribution is 5.56. The van der Waals surface area contributed by atoms with Crippen LogP contribution in [0.4, 0.5) is 0 Å². The summed E-state index contributed by atoms with van der Waals surface area (Å²) in [4.78, 5) is 0. The normalized spacial score (nSPS) is 54.8. The van der Waals surface area contributed by atoms with Gasteiger partial charge in [-0.1, -0.05) is 12.2 Å². The summed E-state index contributed by atoms with van der Waals surface area (Å²) in [5.74, 6) is 2.13. The molecule has 0 aromatic rings. The Kier molecular flexibility index (Phi) is 2.43. The molecule has 7 aliphatic carbocycles. The van der Waals surface area contributed by atoms with Crippen molar-refractivity contribution in [2.45, 2.75) is 77.0 Å². The highest BCUT2D eigenvalue weighted by Gasteiger charge is 2.65. The average molecular weight is 268 g/mol. The van der Waals surface area contributed by atoms with Gasteiger partial charge in [-0.15, -0.1) is 0 Å². The van der Waals surface area contributed by atoms with Gasteiger partial charge in [0.1, 0.15) is 0 Å². The Morgan fingerprint density at radius 3 is 1.40 bits per heavy atom. The Bertz CT molecular complexity index is 430. The van der Waals surface area contributed by atoms with Crippen LogP contribution in [0.25, 0.3) is 0 Å². The molecule has 7 aliphatic rings. The first-order valence-corrected chi connectivity index (χ1v) is 9.26. The lowest BCUT2D eigenvalue weighted by atomic mass is 9.35. The molecule has 0 nitrogen and oxygen atoms in total. The summed E-state index contributed by atoms with van der Waals surface area (Å²) in [6.07, 6.45) is 23.4. The quantitative estimate of drug-likeness (QED) is 0.521. The van der Waals surface area contributed by atoms with E-state index in [0.29, 0.717) is 10.8 Å². The number of hydrogen-bond acceptors (Lipinski definition) is 0. The highest BCUT2D eigenvalue weighted by atomic mass is 14.7. The van der Waals surface area contributed by atoms with Crippen molar-refractivity contribution in [2.24, 2.45) is 22.7 Å². The third-order valence-electron chi connectivity index (χ3n) is 8.00. The Balaban J connectivity index is 1.66. The van der Waals surface area contributed by atoms with E-state index < -0.39 is 0 Å². The molecule has 3 saturated carbocycles. The van der Waals surface area contributed by atoms with E-state index in [2.05, 4.69) is 12.2 Å². The summed E-state index contributed by atoms with van der Waals surface area (Å²) < 4.78 is 0. The van der Waals surface area contributed by atoms with Gasteiger partial charge >= 0.3 is 0 Å². The topological polar surface area (TPSA) is 0 Å². The zero-order chi connectivity index (χ0) is 13.2. The number of allylic oxidation sites excluding steroid dienone is 4. The van der Waals surface area contributed by atoms with Gasteiger partial charge in [0.2, 0.25) is 0 Å². The second kappa shape index (κ2) is 4.02. The molecule has 2 spiro atoms. The van der Waals surface area contributed by atoms with E-state index in [9.17, 15) is 0 Å². The fourth-order valence-corrected chi connectivity index (χ4v) is 6.92. The largest absolute Gasteiger partial charge is 0.0804 e. The van der Waals surface area contributed by atoms with E-state index >= 15 is 0 Å². The Labute approximate surface area is 123 Å². The molecule has 20 heavy (non-hydrogen) atoms. The van der Waals surface area contributed by atoms with Crippen LogP contribution in [0.2, 0.25) is 0 Å². The monoisotopic (exact) mass is 268 g/mol. The van der Waals surface area contributed by atoms with E-state index in [1.54, 1.807) is 0 Å². The number of fused-ring (bicyclic) bond motifs is 8. The van der Waals surface area contributed by atoms with Crippen LogP contribution < -0.4 is 0 Å². The van der Waals surface area contributed by atoms with Crippen LogP contribution in [-0.2, 0) is 0 Å². The lowest BCUT2D eigenvalue weighted by molar-refractivity contribution is -0.0446. The first-order valence-electron chi connectivity index (χ1n) is 9.26. The molecule has 0 N–H and O–H groups in total. The summed E-state index contributed by atoms with van der Waals surface area (Å²) >= 11 is 0. The van der Waals surface area contributed by atoms with Crippen LogP contribution in [-0.4, -0.2) is 0 Å². The van der Waals surface area contributed by atoms with Gasteiger partial charge in [-0.2, -0.15) is 0 Å².